The van der Waals surface area contributed by atoms with E-state index in [0.29, 0.717) is 17.3 Å². The van der Waals surface area contributed by atoms with Crippen LogP contribution < -0.4 is 11.1 Å². The van der Waals surface area contributed by atoms with Gasteiger partial charge in [0.25, 0.3) is 0 Å². The number of pyridine rings is 1. The average molecular weight is 395 g/mol. The maximum atomic E-state index is 13.5. The van der Waals surface area contributed by atoms with Crippen LogP contribution in [0, 0.1) is 0 Å². The lowest BCUT2D eigenvalue weighted by Crippen LogP contribution is -2.36. The van der Waals surface area contributed by atoms with Crippen LogP contribution in [-0.4, -0.2) is 47.0 Å². The summed E-state index contributed by atoms with van der Waals surface area (Å²) in [5.74, 6) is -0.605. The number of nitrogens with one attached hydrogen (secondary N) is 2. The fourth-order valence-electron chi connectivity index (χ4n) is 3.09. The van der Waals surface area contributed by atoms with Crippen LogP contribution in [0.1, 0.15) is 31.5 Å². The van der Waals surface area contributed by atoms with Crippen LogP contribution in [0.5, 0.6) is 0 Å². The Hall–Kier alpha value is -2.00. The highest BCUT2D eigenvalue weighted by Crippen LogP contribution is 2.27. The van der Waals surface area contributed by atoms with Gasteiger partial charge in [-0.1, -0.05) is 18.5 Å². The molecule has 0 radical (unpaired) electrons. The number of hydroxylamine groups is 2. The van der Waals surface area contributed by atoms with Gasteiger partial charge in [-0.3, -0.25) is 15.1 Å². The average Bonchev–Trinajstić information content (AvgIpc) is 2.95. The van der Waals surface area contributed by atoms with Crippen molar-refractivity contribution in [3.8, 4) is 0 Å². The van der Waals surface area contributed by atoms with Crippen molar-refractivity contribution >= 4 is 28.8 Å². The summed E-state index contributed by atoms with van der Waals surface area (Å²) in [7, 11) is 0. The molecule has 1 saturated heterocycles. The Morgan fingerprint density at radius 3 is 3.30 bits per heavy atom. The lowest BCUT2D eigenvalue weighted by molar-refractivity contribution is -0.152. The second-order valence-electron chi connectivity index (χ2n) is 6.35. The van der Waals surface area contributed by atoms with Crippen molar-refractivity contribution in [2.45, 2.75) is 32.0 Å². The van der Waals surface area contributed by atoms with Crippen LogP contribution in [0.2, 0.25) is 5.02 Å². The standard InChI is InChI=1S/C18H24ClFN6O/c1-2-26-5-3-4-14(11-27-26)25-18(23-9-13(20)7-21)16-10-24-17-15(16)6-12(19)8-22-17/h6-10,14,18,25H,2-5,11,21H2,1H3,(H,22,24)/b13-7+,23-9?. The zero-order valence-electron chi connectivity index (χ0n) is 15.2. The van der Waals surface area contributed by atoms with Gasteiger partial charge in [-0.05, 0) is 18.9 Å². The van der Waals surface area contributed by atoms with Gasteiger partial charge in [-0.25, -0.2) is 9.37 Å². The molecule has 0 aromatic carbocycles. The van der Waals surface area contributed by atoms with Crippen molar-refractivity contribution in [3.05, 3.63) is 41.1 Å². The number of nitrogens with zero attached hydrogens (tertiary/aromatic N) is 3. The Kier molecular flexibility index (Phi) is 6.78. The zero-order chi connectivity index (χ0) is 19.2. The molecule has 2 atom stereocenters. The van der Waals surface area contributed by atoms with Gasteiger partial charge in [0, 0.05) is 48.7 Å². The van der Waals surface area contributed by atoms with Crippen molar-refractivity contribution in [1.82, 2.24) is 20.3 Å². The molecular weight excluding hydrogens is 371 g/mol. The van der Waals surface area contributed by atoms with Gasteiger partial charge in [0.15, 0.2) is 5.83 Å². The zero-order valence-corrected chi connectivity index (χ0v) is 15.9. The minimum atomic E-state index is -0.605. The van der Waals surface area contributed by atoms with Gasteiger partial charge in [0.2, 0.25) is 0 Å². The molecule has 7 nitrogen and oxygen atoms in total. The van der Waals surface area contributed by atoms with Gasteiger partial charge in [0.05, 0.1) is 17.8 Å². The molecule has 146 valence electrons. The molecule has 0 amide bonds. The van der Waals surface area contributed by atoms with E-state index in [2.05, 4.69) is 27.2 Å². The van der Waals surface area contributed by atoms with Gasteiger partial charge in [0.1, 0.15) is 11.8 Å². The molecule has 0 spiro atoms. The number of rotatable bonds is 6. The SMILES string of the molecule is CCN1CCCC(NC(N=C/C(F)=C\N)c2c[nH]c3ncc(Cl)cc23)CO1. The molecular formula is C18H24ClFN6O. The molecule has 3 heterocycles. The van der Waals surface area contributed by atoms with Gasteiger partial charge < -0.3 is 10.7 Å². The fourth-order valence-corrected chi connectivity index (χ4v) is 3.25. The number of H-pyrrole nitrogens is 1. The Morgan fingerprint density at radius 2 is 2.52 bits per heavy atom. The number of halogens is 2. The molecule has 1 fully saturated rings. The first-order valence-corrected chi connectivity index (χ1v) is 9.35. The molecule has 0 bridgehead atoms. The topological polar surface area (TPSA) is 91.6 Å². The van der Waals surface area contributed by atoms with E-state index < -0.39 is 12.0 Å². The first kappa shape index (κ1) is 19.8. The van der Waals surface area contributed by atoms with Crippen LogP contribution in [0.15, 0.2) is 35.5 Å². The molecule has 0 saturated carbocycles. The molecule has 1 aliphatic rings. The minimum absolute atomic E-state index is 0.0747. The highest BCUT2D eigenvalue weighted by atomic mass is 35.5. The summed E-state index contributed by atoms with van der Waals surface area (Å²) in [6.45, 7) is 4.31. The van der Waals surface area contributed by atoms with Crippen molar-refractivity contribution in [3.63, 3.8) is 0 Å². The van der Waals surface area contributed by atoms with E-state index in [0.717, 1.165) is 49.3 Å². The third-order valence-corrected chi connectivity index (χ3v) is 4.70. The van der Waals surface area contributed by atoms with E-state index in [4.69, 9.17) is 22.2 Å². The highest BCUT2D eigenvalue weighted by Gasteiger charge is 2.22. The summed E-state index contributed by atoms with van der Waals surface area (Å²) in [6, 6.07) is 1.89. The van der Waals surface area contributed by atoms with E-state index in [1.807, 2.05) is 17.3 Å². The highest BCUT2D eigenvalue weighted by molar-refractivity contribution is 6.31. The molecule has 27 heavy (non-hydrogen) atoms. The van der Waals surface area contributed by atoms with Crippen LogP contribution >= 0.6 is 11.6 Å². The summed E-state index contributed by atoms with van der Waals surface area (Å²) in [5.41, 5.74) is 6.74. The smallest absolute Gasteiger partial charge is 0.156 e. The number of aliphatic imine (C=N–C) groups is 1. The number of hydrogen-bond donors (Lipinski definition) is 3. The number of aromatic amines is 1. The Bertz CT molecular complexity index is 823. The Morgan fingerprint density at radius 1 is 1.67 bits per heavy atom. The largest absolute Gasteiger partial charge is 0.402 e. The molecule has 2 aromatic heterocycles. The van der Waals surface area contributed by atoms with Crippen LogP contribution in [0.25, 0.3) is 11.0 Å². The van der Waals surface area contributed by atoms with Gasteiger partial charge in [-0.15, -0.1) is 0 Å². The third-order valence-electron chi connectivity index (χ3n) is 4.50. The predicted molar refractivity (Wildman–Crippen MR) is 105 cm³/mol. The molecule has 4 N–H and O–H groups in total. The molecule has 0 aliphatic carbocycles. The normalized spacial score (nSPS) is 21.0. The molecule has 3 rings (SSSR count). The number of hydrogen-bond acceptors (Lipinski definition) is 6. The summed E-state index contributed by atoms with van der Waals surface area (Å²) in [4.78, 5) is 17.6. The van der Waals surface area contributed by atoms with Crippen molar-refractivity contribution in [1.29, 1.82) is 0 Å². The first-order valence-electron chi connectivity index (χ1n) is 8.97. The predicted octanol–water partition coefficient (Wildman–Crippen LogP) is 3.06. The summed E-state index contributed by atoms with van der Waals surface area (Å²) < 4.78 is 13.5. The van der Waals surface area contributed by atoms with Crippen LogP contribution in [0.3, 0.4) is 0 Å². The lowest BCUT2D eigenvalue weighted by Gasteiger charge is -2.22. The fraction of sp³-hybridized carbons (Fsp3) is 0.444. The minimum Gasteiger partial charge on any atom is -0.402 e. The number of aromatic nitrogens is 2. The van der Waals surface area contributed by atoms with E-state index in [1.54, 1.807) is 6.20 Å². The molecule has 2 unspecified atom stereocenters. The second-order valence-corrected chi connectivity index (χ2v) is 6.79. The Labute approximate surface area is 162 Å². The summed E-state index contributed by atoms with van der Waals surface area (Å²) >= 11 is 6.10. The molecule has 2 aromatic rings. The van der Waals surface area contributed by atoms with Crippen LogP contribution in [0.4, 0.5) is 4.39 Å². The van der Waals surface area contributed by atoms with Gasteiger partial charge in [-0.2, -0.15) is 5.06 Å². The monoisotopic (exact) mass is 394 g/mol. The lowest BCUT2D eigenvalue weighted by atomic mass is 10.1. The molecule has 1 aliphatic heterocycles. The van der Waals surface area contributed by atoms with E-state index >= 15 is 0 Å². The summed E-state index contributed by atoms with van der Waals surface area (Å²) in [5, 5.41) is 6.77. The van der Waals surface area contributed by atoms with Crippen LogP contribution in [-0.2, 0) is 4.84 Å². The quantitative estimate of drug-likeness (QED) is 0.655. The first-order chi connectivity index (χ1) is 13.1. The van der Waals surface area contributed by atoms with Crippen molar-refractivity contribution in [2.24, 2.45) is 10.7 Å². The molecule has 9 heteroatoms. The van der Waals surface area contributed by atoms with E-state index in [1.165, 1.54) is 0 Å². The number of nitrogens with two attached hydrogens (primary N) is 1. The van der Waals surface area contributed by atoms with Crippen molar-refractivity contribution in [2.75, 3.05) is 19.7 Å². The van der Waals surface area contributed by atoms with Gasteiger partial charge >= 0.3 is 0 Å². The third kappa shape index (κ3) is 5.04. The number of fused-ring (bicyclic) bond motifs is 1. The summed E-state index contributed by atoms with van der Waals surface area (Å²) in [6.07, 6.45) is 6.81. The Balaban J connectivity index is 1.86. The second kappa shape index (κ2) is 9.27. The maximum Gasteiger partial charge on any atom is 0.156 e. The maximum absolute atomic E-state index is 13.5. The number of allylic oxidation sites excluding steroid dienone is 1. The van der Waals surface area contributed by atoms with E-state index in [9.17, 15) is 4.39 Å². The van der Waals surface area contributed by atoms with Crippen molar-refractivity contribution < 1.29 is 9.23 Å². The van der Waals surface area contributed by atoms with E-state index in [-0.39, 0.29) is 6.04 Å².